The first-order valence-corrected chi connectivity index (χ1v) is 7.87. The molecule has 0 aliphatic carbocycles. The number of piperidine rings is 1. The minimum atomic E-state index is 0.0658. The molecule has 1 aliphatic rings. The van der Waals surface area contributed by atoms with Crippen LogP contribution in [0.25, 0.3) is 0 Å². The second kappa shape index (κ2) is 6.73. The number of benzene rings is 1. The highest BCUT2D eigenvalue weighted by molar-refractivity contribution is 5.95. The molecule has 2 heterocycles. The van der Waals surface area contributed by atoms with Crippen molar-refractivity contribution in [3.63, 3.8) is 0 Å². The van der Waals surface area contributed by atoms with E-state index in [0.29, 0.717) is 11.6 Å². The van der Waals surface area contributed by atoms with Gasteiger partial charge in [-0.2, -0.15) is 5.10 Å². The number of aromatic nitrogens is 2. The first-order chi connectivity index (χ1) is 11.2. The number of hydrogen-bond acceptors (Lipinski definition) is 4. The van der Waals surface area contributed by atoms with Crippen LogP contribution in [0.15, 0.2) is 30.5 Å². The van der Waals surface area contributed by atoms with Crippen LogP contribution in [-0.4, -0.2) is 47.2 Å². The Bertz CT molecular complexity index is 675. The molecule has 2 N–H and O–H groups in total. The van der Waals surface area contributed by atoms with E-state index < -0.39 is 0 Å². The second-order valence-electron chi connectivity index (χ2n) is 5.85. The lowest BCUT2D eigenvalue weighted by Gasteiger charge is -2.33. The molecule has 1 fully saturated rings. The standard InChI is InChI=1S/C17H22N4O2/c1-12-16(11-18-20-12)17(22)21-8-6-13(7-9-21)19-14-4-3-5-15(10-14)23-2/h3-5,10-11,13,19H,6-9H2,1-2H3,(H,18,20). The van der Waals surface area contributed by atoms with Crippen molar-refractivity contribution >= 4 is 11.6 Å². The summed E-state index contributed by atoms with van der Waals surface area (Å²) in [5.74, 6) is 0.911. The van der Waals surface area contributed by atoms with Crippen molar-refractivity contribution in [2.24, 2.45) is 0 Å². The Morgan fingerprint density at radius 2 is 2.17 bits per heavy atom. The number of aryl methyl sites for hydroxylation is 1. The van der Waals surface area contributed by atoms with E-state index >= 15 is 0 Å². The number of nitrogens with one attached hydrogen (secondary N) is 2. The number of nitrogens with zero attached hydrogens (tertiary/aromatic N) is 2. The molecule has 1 aromatic heterocycles. The lowest BCUT2D eigenvalue weighted by Crippen LogP contribution is -2.42. The van der Waals surface area contributed by atoms with Gasteiger partial charge in [-0.05, 0) is 31.9 Å². The quantitative estimate of drug-likeness (QED) is 0.909. The number of rotatable bonds is 4. The van der Waals surface area contributed by atoms with Gasteiger partial charge in [0.2, 0.25) is 0 Å². The molecule has 6 heteroatoms. The molecule has 2 aromatic rings. The normalized spacial score (nSPS) is 15.5. The van der Waals surface area contributed by atoms with Crippen molar-refractivity contribution < 1.29 is 9.53 Å². The summed E-state index contributed by atoms with van der Waals surface area (Å²) in [5.41, 5.74) is 2.55. The van der Waals surface area contributed by atoms with Crippen LogP contribution in [0.5, 0.6) is 5.75 Å². The fourth-order valence-electron chi connectivity index (χ4n) is 2.91. The molecule has 0 atom stereocenters. The minimum absolute atomic E-state index is 0.0658. The summed E-state index contributed by atoms with van der Waals surface area (Å²) in [7, 11) is 1.67. The number of anilines is 1. The van der Waals surface area contributed by atoms with Crippen molar-refractivity contribution in [3.05, 3.63) is 41.7 Å². The lowest BCUT2D eigenvalue weighted by atomic mass is 10.0. The average Bonchev–Trinajstić information content (AvgIpc) is 3.01. The fraction of sp³-hybridized carbons (Fsp3) is 0.412. The van der Waals surface area contributed by atoms with Crippen LogP contribution in [0.2, 0.25) is 0 Å². The zero-order valence-corrected chi connectivity index (χ0v) is 13.5. The van der Waals surface area contributed by atoms with Crippen molar-refractivity contribution in [1.82, 2.24) is 15.1 Å². The van der Waals surface area contributed by atoms with Gasteiger partial charge in [-0.3, -0.25) is 9.89 Å². The summed E-state index contributed by atoms with van der Waals surface area (Å²) in [4.78, 5) is 14.4. The smallest absolute Gasteiger partial charge is 0.257 e. The molecule has 0 bridgehead atoms. The van der Waals surface area contributed by atoms with Crippen molar-refractivity contribution in [2.75, 3.05) is 25.5 Å². The number of likely N-dealkylation sites (tertiary alicyclic amines) is 1. The summed E-state index contributed by atoms with van der Waals surface area (Å²) in [5, 5.41) is 10.3. The molecule has 1 aliphatic heterocycles. The number of aromatic amines is 1. The molecule has 6 nitrogen and oxygen atoms in total. The predicted molar refractivity (Wildman–Crippen MR) is 88.9 cm³/mol. The Balaban J connectivity index is 1.56. The second-order valence-corrected chi connectivity index (χ2v) is 5.85. The fourth-order valence-corrected chi connectivity index (χ4v) is 2.91. The van der Waals surface area contributed by atoms with Gasteiger partial charge in [0.15, 0.2) is 0 Å². The Kier molecular flexibility index (Phi) is 4.50. The molecular weight excluding hydrogens is 292 g/mol. The molecule has 0 saturated carbocycles. The monoisotopic (exact) mass is 314 g/mol. The maximum Gasteiger partial charge on any atom is 0.257 e. The Morgan fingerprint density at radius 1 is 1.39 bits per heavy atom. The summed E-state index contributed by atoms with van der Waals surface area (Å²) in [6, 6.07) is 8.30. The summed E-state index contributed by atoms with van der Waals surface area (Å²) < 4.78 is 5.24. The SMILES string of the molecule is COc1cccc(NC2CCN(C(=O)c3cn[nH]c3C)CC2)c1. The third kappa shape index (κ3) is 3.47. The zero-order valence-electron chi connectivity index (χ0n) is 13.5. The number of hydrogen-bond donors (Lipinski definition) is 2. The van der Waals surface area contributed by atoms with Crippen molar-refractivity contribution in [3.8, 4) is 5.75 Å². The number of methoxy groups -OCH3 is 1. The first kappa shape index (κ1) is 15.4. The third-order valence-electron chi connectivity index (χ3n) is 4.28. The molecule has 1 aromatic carbocycles. The van der Waals surface area contributed by atoms with Crippen molar-refractivity contribution in [1.29, 1.82) is 0 Å². The van der Waals surface area contributed by atoms with Gasteiger partial charge < -0.3 is 15.0 Å². The number of H-pyrrole nitrogens is 1. The molecule has 0 radical (unpaired) electrons. The third-order valence-corrected chi connectivity index (χ3v) is 4.28. The van der Waals surface area contributed by atoms with Crippen LogP contribution in [0, 0.1) is 6.92 Å². The van der Waals surface area contributed by atoms with E-state index in [1.165, 1.54) is 0 Å². The summed E-state index contributed by atoms with van der Waals surface area (Å²) in [6.07, 6.45) is 3.47. The van der Waals surface area contributed by atoms with Gasteiger partial charge in [0.1, 0.15) is 5.75 Å². The minimum Gasteiger partial charge on any atom is -0.497 e. The highest BCUT2D eigenvalue weighted by Crippen LogP contribution is 2.21. The number of ether oxygens (including phenoxy) is 1. The van der Waals surface area contributed by atoms with Gasteiger partial charge >= 0.3 is 0 Å². The van der Waals surface area contributed by atoms with E-state index in [0.717, 1.165) is 43.1 Å². The van der Waals surface area contributed by atoms with Crippen LogP contribution in [0.4, 0.5) is 5.69 Å². The van der Waals surface area contributed by atoms with Gasteiger partial charge in [0.05, 0.1) is 18.9 Å². The van der Waals surface area contributed by atoms with Crippen LogP contribution in [-0.2, 0) is 0 Å². The van der Waals surface area contributed by atoms with E-state index in [1.807, 2.05) is 36.1 Å². The van der Waals surface area contributed by atoms with Gasteiger partial charge in [0.25, 0.3) is 5.91 Å². The molecule has 1 saturated heterocycles. The first-order valence-electron chi connectivity index (χ1n) is 7.87. The molecule has 0 unspecified atom stereocenters. The number of carbonyl (C=O) groups is 1. The van der Waals surface area contributed by atoms with Crippen LogP contribution >= 0.6 is 0 Å². The molecular formula is C17H22N4O2. The molecule has 3 rings (SSSR count). The maximum absolute atomic E-state index is 12.5. The van der Waals surface area contributed by atoms with Crippen molar-refractivity contribution in [2.45, 2.75) is 25.8 Å². The number of amides is 1. The zero-order chi connectivity index (χ0) is 16.2. The van der Waals surface area contributed by atoms with Crippen LogP contribution in [0.3, 0.4) is 0 Å². The molecule has 23 heavy (non-hydrogen) atoms. The van der Waals surface area contributed by atoms with E-state index in [9.17, 15) is 4.79 Å². The number of carbonyl (C=O) groups excluding carboxylic acids is 1. The Hall–Kier alpha value is -2.50. The van der Waals surface area contributed by atoms with E-state index in [2.05, 4.69) is 15.5 Å². The molecule has 0 spiro atoms. The van der Waals surface area contributed by atoms with E-state index in [4.69, 9.17) is 4.74 Å². The van der Waals surface area contributed by atoms with Crippen LogP contribution in [0.1, 0.15) is 28.9 Å². The highest BCUT2D eigenvalue weighted by Gasteiger charge is 2.25. The van der Waals surface area contributed by atoms with Gasteiger partial charge in [-0.25, -0.2) is 0 Å². The lowest BCUT2D eigenvalue weighted by molar-refractivity contribution is 0.0718. The average molecular weight is 314 g/mol. The van der Waals surface area contributed by atoms with Gasteiger partial charge in [0, 0.05) is 36.6 Å². The van der Waals surface area contributed by atoms with E-state index in [-0.39, 0.29) is 5.91 Å². The highest BCUT2D eigenvalue weighted by atomic mass is 16.5. The van der Waals surface area contributed by atoms with Crippen LogP contribution < -0.4 is 10.1 Å². The molecule has 1 amide bonds. The molecule has 122 valence electrons. The van der Waals surface area contributed by atoms with Gasteiger partial charge in [-0.15, -0.1) is 0 Å². The Labute approximate surface area is 135 Å². The van der Waals surface area contributed by atoms with E-state index in [1.54, 1.807) is 13.3 Å². The summed E-state index contributed by atoms with van der Waals surface area (Å²) in [6.45, 7) is 3.38. The predicted octanol–water partition coefficient (Wildman–Crippen LogP) is 2.44. The maximum atomic E-state index is 12.5. The van der Waals surface area contributed by atoms with Gasteiger partial charge in [-0.1, -0.05) is 6.07 Å². The Morgan fingerprint density at radius 3 is 2.83 bits per heavy atom. The summed E-state index contributed by atoms with van der Waals surface area (Å²) >= 11 is 0. The topological polar surface area (TPSA) is 70.2 Å². The largest absolute Gasteiger partial charge is 0.497 e.